The highest BCUT2D eigenvalue weighted by atomic mass is 16.4. The molecule has 126 valence electrons. The molecule has 0 spiro atoms. The van der Waals surface area contributed by atoms with Gasteiger partial charge in [-0.25, -0.2) is 4.79 Å². The third-order valence-electron chi connectivity index (χ3n) is 4.42. The van der Waals surface area contributed by atoms with Crippen LogP contribution in [-0.4, -0.2) is 33.5 Å². The van der Waals surface area contributed by atoms with Crippen molar-refractivity contribution >= 4 is 5.97 Å². The number of carboxylic acids is 1. The zero-order chi connectivity index (χ0) is 16.1. The van der Waals surface area contributed by atoms with E-state index < -0.39 is 24.1 Å². The second-order valence-electron chi connectivity index (χ2n) is 6.26. The summed E-state index contributed by atoms with van der Waals surface area (Å²) >= 11 is 0. The molecule has 0 heterocycles. The number of aliphatic hydroxyl groups is 2. The minimum Gasteiger partial charge on any atom is -0.479 e. The van der Waals surface area contributed by atoms with Crippen molar-refractivity contribution in [1.82, 2.24) is 0 Å². The van der Waals surface area contributed by atoms with Crippen LogP contribution in [-0.2, 0) is 4.79 Å². The number of carbonyl (C=O) groups is 1. The number of carboxylic acid groups (broad SMARTS) is 1. The zero-order valence-electron chi connectivity index (χ0n) is 13.8. The monoisotopic (exact) mass is 302 g/mol. The van der Waals surface area contributed by atoms with Crippen LogP contribution in [0.1, 0.15) is 84.5 Å². The Bertz CT molecular complexity index is 268. The first-order chi connectivity index (χ1) is 9.99. The molecular weight excluding hydrogens is 268 g/mol. The number of hydrogen-bond acceptors (Lipinski definition) is 3. The molecule has 4 nitrogen and oxygen atoms in total. The summed E-state index contributed by atoms with van der Waals surface area (Å²) in [6, 6.07) is 0. The van der Waals surface area contributed by atoms with Gasteiger partial charge >= 0.3 is 5.97 Å². The van der Waals surface area contributed by atoms with Gasteiger partial charge in [0, 0.05) is 0 Å². The van der Waals surface area contributed by atoms with Crippen molar-refractivity contribution in [2.45, 2.75) is 90.1 Å². The van der Waals surface area contributed by atoms with Crippen LogP contribution in [0, 0.1) is 5.92 Å². The Labute approximate surface area is 129 Å². The maximum atomic E-state index is 11.0. The Balaban J connectivity index is 3.56. The summed E-state index contributed by atoms with van der Waals surface area (Å²) in [4.78, 5) is 11.0. The van der Waals surface area contributed by atoms with Gasteiger partial charge in [0.05, 0.1) is 6.61 Å². The Morgan fingerprint density at radius 1 is 0.952 bits per heavy atom. The Morgan fingerprint density at radius 2 is 1.38 bits per heavy atom. The number of hydrogen-bond donors (Lipinski definition) is 3. The molecule has 2 atom stereocenters. The fraction of sp³-hybridized carbons (Fsp3) is 0.941. The second kappa shape index (κ2) is 12.0. The maximum Gasteiger partial charge on any atom is 0.338 e. The van der Waals surface area contributed by atoms with Crippen molar-refractivity contribution in [2.24, 2.45) is 5.92 Å². The van der Waals surface area contributed by atoms with Crippen molar-refractivity contribution in [1.29, 1.82) is 0 Å². The van der Waals surface area contributed by atoms with Crippen LogP contribution in [0.4, 0.5) is 0 Å². The highest BCUT2D eigenvalue weighted by molar-refractivity contribution is 5.77. The first kappa shape index (κ1) is 20.4. The molecule has 4 heteroatoms. The van der Waals surface area contributed by atoms with Gasteiger partial charge in [-0.3, -0.25) is 0 Å². The van der Waals surface area contributed by atoms with Crippen LogP contribution in [0.25, 0.3) is 0 Å². The van der Waals surface area contributed by atoms with Gasteiger partial charge in [-0.1, -0.05) is 78.1 Å². The van der Waals surface area contributed by atoms with Gasteiger partial charge in [-0.15, -0.1) is 0 Å². The van der Waals surface area contributed by atoms with E-state index in [0.29, 0.717) is 6.42 Å². The first-order valence-corrected chi connectivity index (χ1v) is 8.55. The predicted octanol–water partition coefficient (Wildman–Crippen LogP) is 3.74. The molecule has 0 aromatic heterocycles. The standard InChI is InChI=1S/C17H34O4/c1-3-4-5-6-7-8-9-10-11-12-13-15(2)17(21,14-18)16(19)20/h15,18,21H,3-14H2,1-2H3,(H,19,20). The smallest absolute Gasteiger partial charge is 0.338 e. The van der Waals surface area contributed by atoms with E-state index in [-0.39, 0.29) is 0 Å². The van der Waals surface area contributed by atoms with E-state index in [1.54, 1.807) is 6.92 Å². The quantitative estimate of drug-likeness (QED) is 0.427. The van der Waals surface area contributed by atoms with Gasteiger partial charge in [0.2, 0.25) is 0 Å². The van der Waals surface area contributed by atoms with Gasteiger partial charge in [-0.05, 0) is 12.3 Å². The highest BCUT2D eigenvalue weighted by Gasteiger charge is 2.40. The molecule has 0 rings (SSSR count). The zero-order valence-corrected chi connectivity index (χ0v) is 13.8. The molecule has 0 fully saturated rings. The van der Waals surface area contributed by atoms with Gasteiger partial charge in [0.1, 0.15) is 0 Å². The Morgan fingerprint density at radius 3 is 1.76 bits per heavy atom. The van der Waals surface area contributed by atoms with Crippen molar-refractivity contribution < 1.29 is 20.1 Å². The molecule has 0 radical (unpaired) electrons. The molecule has 0 aromatic carbocycles. The normalized spacial score (nSPS) is 15.6. The fourth-order valence-electron chi connectivity index (χ4n) is 2.61. The lowest BCUT2D eigenvalue weighted by Gasteiger charge is -2.27. The molecule has 0 aliphatic rings. The summed E-state index contributed by atoms with van der Waals surface area (Å²) < 4.78 is 0. The third kappa shape index (κ3) is 8.42. The van der Waals surface area contributed by atoms with Crippen LogP contribution in [0.2, 0.25) is 0 Å². The molecule has 0 bridgehead atoms. The molecule has 0 amide bonds. The Hall–Kier alpha value is -0.610. The molecular formula is C17H34O4. The van der Waals surface area contributed by atoms with E-state index in [1.807, 2.05) is 0 Å². The molecule has 21 heavy (non-hydrogen) atoms. The minimum absolute atomic E-state index is 0.422. The SMILES string of the molecule is CCCCCCCCCCCCC(C)C(O)(CO)C(=O)O. The van der Waals surface area contributed by atoms with E-state index in [4.69, 9.17) is 10.2 Å². The van der Waals surface area contributed by atoms with E-state index in [1.165, 1.54) is 51.4 Å². The lowest BCUT2D eigenvalue weighted by Crippen LogP contribution is -2.48. The Kier molecular flexibility index (Phi) is 11.6. The molecule has 0 saturated heterocycles. The van der Waals surface area contributed by atoms with Crippen molar-refractivity contribution in [3.8, 4) is 0 Å². The van der Waals surface area contributed by atoms with E-state index in [2.05, 4.69) is 6.92 Å². The summed E-state index contributed by atoms with van der Waals surface area (Å²) in [6.07, 6.45) is 13.0. The van der Waals surface area contributed by atoms with Crippen LogP contribution < -0.4 is 0 Å². The summed E-state index contributed by atoms with van der Waals surface area (Å²) in [5.41, 5.74) is -1.99. The van der Waals surface area contributed by atoms with Crippen molar-refractivity contribution in [2.75, 3.05) is 6.61 Å². The minimum atomic E-state index is -1.99. The summed E-state index contributed by atoms with van der Waals surface area (Å²) in [7, 11) is 0. The van der Waals surface area contributed by atoms with Crippen LogP contribution in [0.5, 0.6) is 0 Å². The number of rotatable bonds is 14. The maximum absolute atomic E-state index is 11.0. The van der Waals surface area contributed by atoms with Crippen molar-refractivity contribution in [3.05, 3.63) is 0 Å². The molecule has 3 N–H and O–H groups in total. The summed E-state index contributed by atoms with van der Waals surface area (Å²) in [5, 5.41) is 27.9. The average molecular weight is 302 g/mol. The summed E-state index contributed by atoms with van der Waals surface area (Å²) in [6.45, 7) is 3.20. The van der Waals surface area contributed by atoms with E-state index in [9.17, 15) is 9.90 Å². The summed E-state index contributed by atoms with van der Waals surface area (Å²) in [5.74, 6) is -1.75. The number of aliphatic carboxylic acids is 1. The van der Waals surface area contributed by atoms with Crippen LogP contribution in [0.3, 0.4) is 0 Å². The number of unbranched alkanes of at least 4 members (excludes halogenated alkanes) is 9. The topological polar surface area (TPSA) is 77.8 Å². The first-order valence-electron chi connectivity index (χ1n) is 8.55. The fourth-order valence-corrected chi connectivity index (χ4v) is 2.61. The van der Waals surface area contributed by atoms with Crippen molar-refractivity contribution in [3.63, 3.8) is 0 Å². The van der Waals surface area contributed by atoms with Gasteiger partial charge < -0.3 is 15.3 Å². The van der Waals surface area contributed by atoms with Crippen LogP contribution in [0.15, 0.2) is 0 Å². The molecule has 0 aliphatic heterocycles. The lowest BCUT2D eigenvalue weighted by molar-refractivity contribution is -0.170. The molecule has 0 aromatic rings. The second-order valence-corrected chi connectivity index (χ2v) is 6.26. The van der Waals surface area contributed by atoms with Gasteiger partial charge in [0.25, 0.3) is 0 Å². The highest BCUT2D eigenvalue weighted by Crippen LogP contribution is 2.23. The van der Waals surface area contributed by atoms with Gasteiger partial charge in [0.15, 0.2) is 5.60 Å². The number of aliphatic hydroxyl groups excluding tert-OH is 1. The molecule has 2 unspecified atom stereocenters. The lowest BCUT2D eigenvalue weighted by atomic mass is 9.85. The molecule has 0 aliphatic carbocycles. The van der Waals surface area contributed by atoms with E-state index in [0.717, 1.165) is 12.8 Å². The van der Waals surface area contributed by atoms with Crippen LogP contribution >= 0.6 is 0 Å². The third-order valence-corrected chi connectivity index (χ3v) is 4.42. The molecule has 0 saturated carbocycles. The van der Waals surface area contributed by atoms with E-state index >= 15 is 0 Å². The largest absolute Gasteiger partial charge is 0.479 e. The predicted molar refractivity (Wildman–Crippen MR) is 85.3 cm³/mol. The average Bonchev–Trinajstić information content (AvgIpc) is 2.47. The van der Waals surface area contributed by atoms with Gasteiger partial charge in [-0.2, -0.15) is 0 Å².